The first-order chi connectivity index (χ1) is 29.5. The highest BCUT2D eigenvalue weighted by molar-refractivity contribution is 6.32. The topological polar surface area (TPSA) is 0 Å². The Morgan fingerprint density at radius 2 is 0.883 bits per heavy atom. The molecule has 288 valence electrons. The number of benzene rings is 9. The summed E-state index contributed by atoms with van der Waals surface area (Å²) in [4.78, 5) is 0. The van der Waals surface area contributed by atoms with E-state index in [1.807, 2.05) is 24.3 Å². The van der Waals surface area contributed by atoms with Gasteiger partial charge in [0, 0.05) is 0 Å². The molecule has 0 aliphatic heterocycles. The summed E-state index contributed by atoms with van der Waals surface area (Å²) in [6.45, 7) is 12.2. The number of hydrogen-bond acceptors (Lipinski definition) is 0. The van der Waals surface area contributed by atoms with Gasteiger partial charge in [0.05, 0.1) is 0 Å². The number of allylic oxidation sites excluding steroid dienone is 8. The van der Waals surface area contributed by atoms with Crippen molar-refractivity contribution in [3.05, 3.63) is 230 Å². The van der Waals surface area contributed by atoms with Crippen molar-refractivity contribution < 1.29 is 4.39 Å². The molecule has 0 heterocycles. The van der Waals surface area contributed by atoms with Crippen molar-refractivity contribution in [1.82, 2.24) is 0 Å². The van der Waals surface area contributed by atoms with Gasteiger partial charge >= 0.3 is 0 Å². The molecule has 0 unspecified atom stereocenters. The molecule has 9 rings (SSSR count). The van der Waals surface area contributed by atoms with E-state index in [9.17, 15) is 4.39 Å². The van der Waals surface area contributed by atoms with Crippen LogP contribution in [0.4, 0.5) is 4.39 Å². The monoisotopic (exact) mass is 772 g/mol. The van der Waals surface area contributed by atoms with E-state index in [2.05, 4.69) is 185 Å². The zero-order valence-electron chi connectivity index (χ0n) is 34.1. The van der Waals surface area contributed by atoms with Crippen LogP contribution in [0.2, 0.25) is 0 Å². The van der Waals surface area contributed by atoms with Crippen LogP contribution < -0.4 is 0 Å². The van der Waals surface area contributed by atoms with Gasteiger partial charge in [-0.3, -0.25) is 0 Å². The molecular weight excluding hydrogens is 728 g/mol. The van der Waals surface area contributed by atoms with Crippen LogP contribution >= 0.6 is 0 Å². The van der Waals surface area contributed by atoms with Crippen molar-refractivity contribution >= 4 is 43.5 Å². The molecule has 0 aliphatic rings. The van der Waals surface area contributed by atoms with Gasteiger partial charge in [-0.15, -0.1) is 0 Å². The lowest BCUT2D eigenvalue weighted by molar-refractivity contribution is 0.628. The maximum Gasteiger partial charge on any atom is 0.123 e. The van der Waals surface area contributed by atoms with Crippen LogP contribution in [0, 0.1) is 5.82 Å². The molecule has 1 heteroatoms. The first kappa shape index (κ1) is 38.2. The van der Waals surface area contributed by atoms with Crippen LogP contribution in [-0.2, 0) is 0 Å². The smallest absolute Gasteiger partial charge is 0.123 e. The summed E-state index contributed by atoms with van der Waals surface area (Å²) in [6, 6.07) is 58.0. The maximum atomic E-state index is 14.4. The molecule has 0 aromatic heterocycles. The predicted molar refractivity (Wildman–Crippen MR) is 259 cm³/mol. The van der Waals surface area contributed by atoms with E-state index in [0.29, 0.717) is 0 Å². The standard InChI is InChI=1S/C59H45F/c1-5-12-39(8-4)42-17-23-45(24-18-42)54-37-55(47-27-21-44(22-28-47)41-15-10-9-11-16-41)51-35-36-53-57(48-29-31-49(60)32-30-48)38-56(52-34-33-50(54)58(51)59(52)53)46-25-19-43(20-26-46)40(13-6-2)14-7-3/h5-6,8-38H,1,4,7H2,2-3H3/b13-6-,39-12+,40-14+. The molecule has 0 fully saturated rings. The summed E-state index contributed by atoms with van der Waals surface area (Å²) >= 11 is 0. The fraction of sp³-hybridized carbons (Fsp3) is 0.0508. The van der Waals surface area contributed by atoms with Gasteiger partial charge in [0.1, 0.15) is 5.82 Å². The molecular formula is C59H45F. The van der Waals surface area contributed by atoms with Gasteiger partial charge in [0.25, 0.3) is 0 Å². The molecule has 0 bridgehead atoms. The first-order valence-electron chi connectivity index (χ1n) is 20.7. The normalized spacial score (nSPS) is 12.2. The van der Waals surface area contributed by atoms with Gasteiger partial charge in [-0.1, -0.05) is 196 Å². The minimum absolute atomic E-state index is 0.247. The van der Waals surface area contributed by atoms with Crippen molar-refractivity contribution in [3.8, 4) is 55.6 Å². The highest BCUT2D eigenvalue weighted by Gasteiger charge is 2.21. The Hall–Kier alpha value is -7.35. The molecule has 0 nitrogen and oxygen atoms in total. The highest BCUT2D eigenvalue weighted by atomic mass is 19.1. The molecule has 9 aromatic rings. The highest BCUT2D eigenvalue weighted by Crippen LogP contribution is 2.49. The number of hydrogen-bond donors (Lipinski definition) is 0. The summed E-state index contributed by atoms with van der Waals surface area (Å²) < 4.78 is 14.4. The average molecular weight is 773 g/mol. The average Bonchev–Trinajstić information content (AvgIpc) is 3.30. The van der Waals surface area contributed by atoms with E-state index in [1.165, 1.54) is 54.8 Å². The van der Waals surface area contributed by atoms with E-state index in [0.717, 1.165) is 61.9 Å². The second kappa shape index (κ2) is 16.5. The van der Waals surface area contributed by atoms with Crippen molar-refractivity contribution in [2.45, 2.75) is 20.3 Å². The molecule has 0 aliphatic carbocycles. The SMILES string of the molecule is C=C/C=C(\C=C)c1ccc(-c2cc(-c3ccc(-c4ccccc4)cc3)c3ccc4c(-c5ccc(F)cc5)cc(-c5ccc(C(/C=C\C)=C/CC)cc5)c5ccc2c3c45)cc1. The van der Waals surface area contributed by atoms with E-state index in [-0.39, 0.29) is 5.82 Å². The minimum atomic E-state index is -0.247. The third-order valence-corrected chi connectivity index (χ3v) is 11.7. The van der Waals surface area contributed by atoms with Crippen molar-refractivity contribution in [2.75, 3.05) is 0 Å². The molecule has 0 saturated heterocycles. The molecule has 60 heavy (non-hydrogen) atoms. The van der Waals surface area contributed by atoms with Gasteiger partial charge in [0.15, 0.2) is 0 Å². The Labute approximate surface area is 352 Å². The first-order valence-corrected chi connectivity index (χ1v) is 20.7. The fourth-order valence-electron chi connectivity index (χ4n) is 8.83. The summed E-state index contributed by atoms with van der Waals surface area (Å²) in [7, 11) is 0. The molecule has 0 radical (unpaired) electrons. The van der Waals surface area contributed by atoms with Crippen LogP contribution in [0.5, 0.6) is 0 Å². The number of halogens is 1. The maximum absolute atomic E-state index is 14.4. The predicted octanol–water partition coefficient (Wildman–Crippen LogP) is 17.2. The van der Waals surface area contributed by atoms with Gasteiger partial charge in [-0.25, -0.2) is 4.39 Å². The lowest BCUT2D eigenvalue weighted by Gasteiger charge is -2.22. The Morgan fingerprint density at radius 1 is 0.483 bits per heavy atom. The Kier molecular flexibility index (Phi) is 10.5. The van der Waals surface area contributed by atoms with Crippen LogP contribution in [0.1, 0.15) is 31.4 Å². The molecule has 0 spiro atoms. The van der Waals surface area contributed by atoms with E-state index in [1.54, 1.807) is 18.2 Å². The Bertz CT molecular complexity index is 3100. The van der Waals surface area contributed by atoms with Crippen LogP contribution in [0.25, 0.3) is 99.1 Å². The summed E-state index contributed by atoms with van der Waals surface area (Å²) in [6.07, 6.45) is 13.2. The molecule has 9 aromatic carbocycles. The quantitative estimate of drug-likeness (QED) is 0.0907. The second-order valence-electron chi connectivity index (χ2n) is 15.2. The third kappa shape index (κ3) is 6.99. The van der Waals surface area contributed by atoms with E-state index < -0.39 is 0 Å². The number of rotatable bonds is 11. The van der Waals surface area contributed by atoms with Gasteiger partial charge in [-0.05, 0) is 148 Å². The van der Waals surface area contributed by atoms with E-state index >= 15 is 0 Å². The fourth-order valence-corrected chi connectivity index (χ4v) is 8.83. The minimum Gasteiger partial charge on any atom is -0.207 e. The summed E-state index contributed by atoms with van der Waals surface area (Å²) in [5.74, 6) is -0.247. The zero-order chi connectivity index (χ0) is 41.2. The van der Waals surface area contributed by atoms with Gasteiger partial charge in [-0.2, -0.15) is 0 Å². The van der Waals surface area contributed by atoms with Crippen molar-refractivity contribution in [1.29, 1.82) is 0 Å². The summed E-state index contributed by atoms with van der Waals surface area (Å²) in [5, 5.41) is 7.12. The second-order valence-corrected chi connectivity index (χ2v) is 15.2. The van der Waals surface area contributed by atoms with Gasteiger partial charge < -0.3 is 0 Å². The van der Waals surface area contributed by atoms with Crippen molar-refractivity contribution in [3.63, 3.8) is 0 Å². The van der Waals surface area contributed by atoms with Crippen LogP contribution in [0.15, 0.2) is 213 Å². The molecule has 0 N–H and O–H groups in total. The summed E-state index contributed by atoms with van der Waals surface area (Å²) in [5.41, 5.74) is 15.8. The Morgan fingerprint density at radius 3 is 1.30 bits per heavy atom. The molecule has 0 amide bonds. The lowest BCUT2D eigenvalue weighted by atomic mass is 9.81. The van der Waals surface area contributed by atoms with E-state index in [4.69, 9.17) is 0 Å². The largest absolute Gasteiger partial charge is 0.207 e. The molecule has 0 saturated carbocycles. The lowest BCUT2D eigenvalue weighted by Crippen LogP contribution is -1.95. The third-order valence-electron chi connectivity index (χ3n) is 11.7. The van der Waals surface area contributed by atoms with Crippen LogP contribution in [-0.4, -0.2) is 0 Å². The van der Waals surface area contributed by atoms with Crippen molar-refractivity contribution in [2.24, 2.45) is 0 Å². The molecule has 0 atom stereocenters. The van der Waals surface area contributed by atoms with Gasteiger partial charge in [0.2, 0.25) is 0 Å². The zero-order valence-corrected chi connectivity index (χ0v) is 34.1. The van der Waals surface area contributed by atoms with Crippen LogP contribution in [0.3, 0.4) is 0 Å². The Balaban J connectivity index is 1.34.